The molecule has 5 saturated heterocycles. The fraction of sp³-hybridized carbons (Fsp3) is 0.795. The van der Waals surface area contributed by atoms with Crippen LogP contribution in [0.25, 0.3) is 0 Å². The number of furan rings is 1. The van der Waals surface area contributed by atoms with E-state index in [1.54, 1.807) is 6.26 Å². The van der Waals surface area contributed by atoms with Gasteiger partial charge in [0.25, 0.3) is 0 Å². The van der Waals surface area contributed by atoms with Crippen molar-refractivity contribution in [3.8, 4) is 0 Å². The first kappa shape index (κ1) is 36.3. The number of epoxide rings is 1. The molecule has 7 heterocycles. The van der Waals surface area contributed by atoms with Gasteiger partial charge in [-0.1, -0.05) is 32.8 Å². The van der Waals surface area contributed by atoms with Gasteiger partial charge in [-0.3, -0.25) is 14.9 Å². The van der Waals surface area contributed by atoms with E-state index in [9.17, 15) is 24.6 Å². The maximum Gasteiger partial charge on any atom is 0.339 e. The number of allylic oxidation sites excluding steroid dienone is 1. The molecule has 1 aromatic heterocycles. The molecule has 0 aromatic carbocycles. The third-order valence-electron chi connectivity index (χ3n) is 18.2. The van der Waals surface area contributed by atoms with Crippen LogP contribution in [0.2, 0.25) is 0 Å². The number of nitrogens with one attached hydrogen (secondary N) is 1. The number of cyclic esters (lactones) is 2. The van der Waals surface area contributed by atoms with Crippen LogP contribution in [0.15, 0.2) is 29.0 Å². The van der Waals surface area contributed by atoms with Crippen LogP contribution in [0.5, 0.6) is 0 Å². The molecule has 0 bridgehead atoms. The quantitative estimate of drug-likeness (QED) is 0.289. The Morgan fingerprint density at radius 3 is 2.61 bits per heavy atom. The Bertz CT molecular complexity index is 1890. The van der Waals surface area contributed by atoms with Crippen LogP contribution < -0.4 is 5.32 Å². The van der Waals surface area contributed by atoms with Gasteiger partial charge in [-0.05, 0) is 101 Å². The Labute approximate surface area is 328 Å². The molecule has 11 rings (SSSR count). The Hall–Kier alpha value is -2.77. The second-order valence-electron chi connectivity index (χ2n) is 20.6. The van der Waals surface area contributed by atoms with Crippen molar-refractivity contribution in [3.63, 3.8) is 0 Å². The SMILES string of the molecule is CC1(C)O[C@H]2C3(CCCC3)C(=O)OC[C@@]23[C@@H]1C(=O)[C@@H](O)[C@]1(C)[C@@H]3CC[C@@]2(C)[C@H](c3ccoc3C[C@H](CO)[C@H]3CC[C@@H]4[C@H](C=CN5CNC[C@@H]45)C3)OC(=O)[C@H]3O[C@@]312. The van der Waals surface area contributed by atoms with E-state index in [4.69, 9.17) is 23.4 Å². The number of esters is 2. The number of aliphatic hydroxyl groups excluding tert-OH is 2. The number of ether oxygens (including phenoxy) is 4. The lowest BCUT2D eigenvalue weighted by Crippen LogP contribution is -2.77. The predicted molar refractivity (Wildman–Crippen MR) is 198 cm³/mol. The summed E-state index contributed by atoms with van der Waals surface area (Å²) in [5.41, 5.74) is -5.17. The van der Waals surface area contributed by atoms with E-state index in [0.29, 0.717) is 61.7 Å². The van der Waals surface area contributed by atoms with Gasteiger partial charge >= 0.3 is 11.9 Å². The van der Waals surface area contributed by atoms with Crippen LogP contribution in [0.3, 0.4) is 0 Å². The molecule has 0 unspecified atom stereocenters. The summed E-state index contributed by atoms with van der Waals surface area (Å²) in [6.07, 6.45) is 10.5. The molecule has 3 spiro atoms. The van der Waals surface area contributed by atoms with Crippen molar-refractivity contribution in [2.45, 2.75) is 134 Å². The smallest absolute Gasteiger partial charge is 0.339 e. The summed E-state index contributed by atoms with van der Waals surface area (Å²) >= 11 is 0. The fourth-order valence-corrected chi connectivity index (χ4v) is 15.9. The highest BCUT2D eigenvalue weighted by atomic mass is 16.7. The molecule has 56 heavy (non-hydrogen) atoms. The van der Waals surface area contributed by atoms with Crippen LogP contribution >= 0.6 is 0 Å². The molecule has 15 atom stereocenters. The van der Waals surface area contributed by atoms with Crippen LogP contribution in [0.4, 0.5) is 0 Å². The summed E-state index contributed by atoms with van der Waals surface area (Å²) in [6, 6.07) is 2.43. The number of aliphatic hydroxyl groups is 2. The second kappa shape index (κ2) is 11.7. The molecule has 10 aliphatic rings. The summed E-state index contributed by atoms with van der Waals surface area (Å²) in [5.74, 6) is 0.000401. The normalized spacial score (nSPS) is 49.5. The number of ketones is 1. The number of carbonyl (C=O) groups excluding carboxylic acids is 3. The number of fused-ring (bicyclic) bond motifs is 5. The lowest BCUT2D eigenvalue weighted by molar-refractivity contribution is -0.264. The number of hydrogen-bond acceptors (Lipinski definition) is 12. The predicted octanol–water partition coefficient (Wildman–Crippen LogP) is 4.22. The van der Waals surface area contributed by atoms with E-state index in [0.717, 1.165) is 50.9 Å². The number of carbonyl (C=O) groups is 3. The van der Waals surface area contributed by atoms with Crippen molar-refractivity contribution in [2.24, 2.45) is 57.2 Å². The average Bonchev–Trinajstić information content (AvgIpc) is 3.60. The highest BCUT2D eigenvalue weighted by Crippen LogP contribution is 2.81. The Kier molecular flexibility index (Phi) is 7.59. The molecule has 4 saturated carbocycles. The third-order valence-corrected chi connectivity index (χ3v) is 18.2. The summed E-state index contributed by atoms with van der Waals surface area (Å²) in [6.45, 7) is 9.89. The van der Waals surface area contributed by atoms with Crippen LogP contribution in [-0.2, 0) is 39.8 Å². The van der Waals surface area contributed by atoms with Gasteiger partial charge in [0.1, 0.15) is 30.2 Å². The van der Waals surface area contributed by atoms with E-state index in [1.165, 1.54) is 0 Å². The molecule has 304 valence electrons. The van der Waals surface area contributed by atoms with Crippen molar-refractivity contribution >= 4 is 17.7 Å². The van der Waals surface area contributed by atoms with E-state index < -0.39 is 69.2 Å². The van der Waals surface area contributed by atoms with Gasteiger partial charge in [0.15, 0.2) is 11.9 Å². The van der Waals surface area contributed by atoms with Crippen LogP contribution in [0, 0.1) is 57.2 Å². The topological polar surface area (TPSA) is 160 Å². The number of hydrogen-bond donors (Lipinski definition) is 3. The largest absolute Gasteiger partial charge is 0.469 e. The van der Waals surface area contributed by atoms with E-state index in [-0.39, 0.29) is 36.8 Å². The zero-order valence-electron chi connectivity index (χ0n) is 33.2. The lowest BCUT2D eigenvalue weighted by atomic mass is 9.35. The highest BCUT2D eigenvalue weighted by molar-refractivity contribution is 5.92. The van der Waals surface area contributed by atoms with Gasteiger partial charge in [0.05, 0.1) is 36.0 Å². The summed E-state index contributed by atoms with van der Waals surface area (Å²) in [4.78, 5) is 45.3. The highest BCUT2D eigenvalue weighted by Gasteiger charge is 2.91. The zero-order chi connectivity index (χ0) is 38.8. The molecule has 4 aliphatic carbocycles. The monoisotopic (exact) mass is 774 g/mol. The number of nitrogens with zero attached hydrogens (tertiary/aromatic N) is 1. The molecule has 6 aliphatic heterocycles. The molecule has 9 fully saturated rings. The first-order chi connectivity index (χ1) is 26.8. The molecule has 0 amide bonds. The first-order valence-electron chi connectivity index (χ1n) is 21.6. The maximum atomic E-state index is 15.0. The first-order valence-corrected chi connectivity index (χ1v) is 21.6. The van der Waals surface area contributed by atoms with Crippen LogP contribution in [-0.4, -0.2) is 94.8 Å². The average molecular weight is 775 g/mol. The van der Waals surface area contributed by atoms with Gasteiger partial charge in [0, 0.05) is 47.4 Å². The van der Waals surface area contributed by atoms with Crippen molar-refractivity contribution in [3.05, 3.63) is 35.9 Å². The summed E-state index contributed by atoms with van der Waals surface area (Å²) in [7, 11) is 0. The van der Waals surface area contributed by atoms with Crippen LogP contribution in [0.1, 0.15) is 103 Å². The van der Waals surface area contributed by atoms with Gasteiger partial charge in [-0.25, -0.2) is 4.79 Å². The standard InChI is InChI=1S/C44H58N2O10/c1-39(2)32-31(48)33(49)41(4)30(43(32)21-53-38(51)42(37(43)56-39)12-5-6-13-42)9-14-40(3)34(54-36(50)35-44(40,41)55-35)27-11-16-52-29(27)18-25(20-47)23-7-8-26-24(17-23)10-15-46-22-45-19-28(26)46/h10-11,15-16,23-26,28,30,32-35,37,45,47,49H,5-9,12-14,17-22H2,1-4H3/t23-,24+,25+,26+,28-,30-,32+,33+,34-,35+,37-,40-,41-,43+,44+/m0/s1. The summed E-state index contributed by atoms with van der Waals surface area (Å²) < 4.78 is 32.5. The molecule has 12 heteroatoms. The van der Waals surface area contributed by atoms with Gasteiger partial charge in [0.2, 0.25) is 0 Å². The number of rotatable bonds is 5. The van der Waals surface area contributed by atoms with E-state index in [1.807, 2.05) is 26.8 Å². The number of Topliss-reactive ketones (excluding diaryl/α,β-unsaturated/α-hetero) is 1. The van der Waals surface area contributed by atoms with E-state index in [2.05, 4.69) is 29.4 Å². The second-order valence-corrected chi connectivity index (χ2v) is 20.6. The van der Waals surface area contributed by atoms with Gasteiger partial charge in [-0.15, -0.1) is 0 Å². The maximum absolute atomic E-state index is 15.0. The lowest BCUT2D eigenvalue weighted by Gasteiger charge is -2.67. The zero-order valence-corrected chi connectivity index (χ0v) is 33.2. The fourth-order valence-electron chi connectivity index (χ4n) is 15.9. The minimum atomic E-state index is -1.43. The molecule has 1 aromatic rings. The van der Waals surface area contributed by atoms with Crippen molar-refractivity contribution in [2.75, 3.05) is 26.4 Å². The van der Waals surface area contributed by atoms with Crippen molar-refractivity contribution in [1.82, 2.24) is 10.2 Å². The van der Waals surface area contributed by atoms with Crippen molar-refractivity contribution in [1.29, 1.82) is 0 Å². The molecule has 3 N–H and O–H groups in total. The van der Waals surface area contributed by atoms with E-state index >= 15 is 0 Å². The minimum Gasteiger partial charge on any atom is -0.469 e. The Balaban J connectivity index is 0.940. The van der Waals surface area contributed by atoms with Crippen molar-refractivity contribution < 1.29 is 48.0 Å². The Morgan fingerprint density at radius 2 is 1.82 bits per heavy atom. The Morgan fingerprint density at radius 1 is 1.02 bits per heavy atom. The third kappa shape index (κ3) is 4.16. The van der Waals surface area contributed by atoms with Gasteiger partial charge < -0.3 is 38.5 Å². The molecular formula is C44H58N2O10. The molecule has 12 nitrogen and oxygen atoms in total. The molecule has 0 radical (unpaired) electrons. The van der Waals surface area contributed by atoms with Gasteiger partial charge in [-0.2, -0.15) is 0 Å². The summed E-state index contributed by atoms with van der Waals surface area (Å²) in [5, 5.41) is 26.9. The molecular weight excluding hydrogens is 716 g/mol. The minimum absolute atomic E-state index is 0.0263.